The van der Waals surface area contributed by atoms with E-state index in [1.807, 2.05) is 24.8 Å². The first-order valence-electron chi connectivity index (χ1n) is 6.55. The van der Waals surface area contributed by atoms with Crippen molar-refractivity contribution in [1.29, 1.82) is 0 Å². The smallest absolute Gasteiger partial charge is 0.0948 e. The SMILES string of the molecule is CCn1cncc1CNc1cccc2cc(Br)cnc12. The Balaban J connectivity index is 1.88. The van der Waals surface area contributed by atoms with Crippen LogP contribution in [0.2, 0.25) is 0 Å². The van der Waals surface area contributed by atoms with Gasteiger partial charge in [0, 0.05) is 28.8 Å². The Kier molecular flexibility index (Phi) is 3.69. The number of halogens is 1. The van der Waals surface area contributed by atoms with Gasteiger partial charge in [-0.25, -0.2) is 4.98 Å². The third kappa shape index (κ3) is 2.54. The van der Waals surface area contributed by atoms with Gasteiger partial charge in [0.15, 0.2) is 0 Å². The maximum Gasteiger partial charge on any atom is 0.0948 e. The Bertz CT molecular complexity index is 736. The van der Waals surface area contributed by atoms with Crippen LogP contribution in [-0.2, 0) is 13.1 Å². The number of fused-ring (bicyclic) bond motifs is 1. The first-order valence-corrected chi connectivity index (χ1v) is 7.34. The highest BCUT2D eigenvalue weighted by atomic mass is 79.9. The van der Waals surface area contributed by atoms with E-state index in [0.29, 0.717) is 0 Å². The average Bonchev–Trinajstić information content (AvgIpc) is 2.92. The minimum atomic E-state index is 0.741. The summed E-state index contributed by atoms with van der Waals surface area (Å²) in [5, 5.41) is 4.56. The van der Waals surface area contributed by atoms with Crippen LogP contribution in [0.4, 0.5) is 5.69 Å². The van der Waals surface area contributed by atoms with Gasteiger partial charge in [0.05, 0.1) is 29.8 Å². The molecule has 0 aliphatic heterocycles. The summed E-state index contributed by atoms with van der Waals surface area (Å²) in [6, 6.07) is 8.23. The Morgan fingerprint density at radius 3 is 3.05 bits per heavy atom. The number of hydrogen-bond acceptors (Lipinski definition) is 3. The Labute approximate surface area is 126 Å². The van der Waals surface area contributed by atoms with Crippen LogP contribution >= 0.6 is 15.9 Å². The second-order valence-corrected chi connectivity index (χ2v) is 5.47. The van der Waals surface area contributed by atoms with Crippen LogP contribution in [0.3, 0.4) is 0 Å². The van der Waals surface area contributed by atoms with Gasteiger partial charge in [-0.3, -0.25) is 4.98 Å². The second kappa shape index (κ2) is 5.63. The number of aromatic nitrogens is 3. The third-order valence-electron chi connectivity index (χ3n) is 3.28. The molecule has 0 spiro atoms. The Morgan fingerprint density at radius 2 is 2.20 bits per heavy atom. The lowest BCUT2D eigenvalue weighted by Crippen LogP contribution is -2.06. The zero-order valence-electron chi connectivity index (χ0n) is 11.2. The van der Waals surface area contributed by atoms with E-state index in [1.165, 1.54) is 5.69 Å². The monoisotopic (exact) mass is 330 g/mol. The van der Waals surface area contributed by atoms with Gasteiger partial charge in [-0.15, -0.1) is 0 Å². The number of nitrogens with one attached hydrogen (secondary N) is 1. The molecule has 0 bridgehead atoms. The lowest BCUT2D eigenvalue weighted by atomic mass is 10.2. The van der Waals surface area contributed by atoms with E-state index >= 15 is 0 Å². The summed E-state index contributed by atoms with van der Waals surface area (Å²) in [7, 11) is 0. The van der Waals surface area contributed by atoms with Crippen LogP contribution in [-0.4, -0.2) is 14.5 Å². The summed E-state index contributed by atoms with van der Waals surface area (Å²) in [5.41, 5.74) is 3.19. The van der Waals surface area contributed by atoms with E-state index in [-0.39, 0.29) is 0 Å². The number of aryl methyl sites for hydroxylation is 1. The van der Waals surface area contributed by atoms with E-state index in [0.717, 1.165) is 34.2 Å². The van der Waals surface area contributed by atoms with Crippen molar-refractivity contribution < 1.29 is 0 Å². The lowest BCUT2D eigenvalue weighted by molar-refractivity contribution is 0.720. The summed E-state index contributed by atoms with van der Waals surface area (Å²) in [5.74, 6) is 0. The molecular formula is C15H15BrN4. The van der Waals surface area contributed by atoms with Crippen LogP contribution in [0.15, 0.2) is 47.5 Å². The van der Waals surface area contributed by atoms with Crippen molar-refractivity contribution in [3.63, 3.8) is 0 Å². The molecule has 0 amide bonds. The van der Waals surface area contributed by atoms with Gasteiger partial charge in [0.2, 0.25) is 0 Å². The highest BCUT2D eigenvalue weighted by Gasteiger charge is 2.04. The normalized spacial score (nSPS) is 10.9. The first kappa shape index (κ1) is 13.1. The molecule has 3 aromatic rings. The van der Waals surface area contributed by atoms with Crippen LogP contribution in [0, 0.1) is 0 Å². The van der Waals surface area contributed by atoms with E-state index in [2.05, 4.69) is 60.9 Å². The maximum absolute atomic E-state index is 4.49. The predicted octanol–water partition coefficient (Wildman–Crippen LogP) is 3.83. The van der Waals surface area contributed by atoms with Gasteiger partial charge in [-0.1, -0.05) is 12.1 Å². The summed E-state index contributed by atoms with van der Waals surface area (Å²) < 4.78 is 3.12. The van der Waals surface area contributed by atoms with Crippen molar-refractivity contribution in [2.24, 2.45) is 0 Å². The number of nitrogens with zero attached hydrogens (tertiary/aromatic N) is 3. The molecule has 0 radical (unpaired) electrons. The molecule has 20 heavy (non-hydrogen) atoms. The molecule has 3 rings (SSSR count). The topological polar surface area (TPSA) is 42.7 Å². The summed E-state index contributed by atoms with van der Waals surface area (Å²) in [6.07, 6.45) is 5.57. The number of pyridine rings is 1. The lowest BCUT2D eigenvalue weighted by Gasteiger charge is -2.10. The molecule has 102 valence electrons. The molecule has 2 heterocycles. The molecule has 0 aliphatic carbocycles. The summed E-state index contributed by atoms with van der Waals surface area (Å²) >= 11 is 3.45. The summed E-state index contributed by atoms with van der Waals surface area (Å²) in [4.78, 5) is 8.67. The first-order chi connectivity index (χ1) is 9.78. The summed E-state index contributed by atoms with van der Waals surface area (Å²) in [6.45, 7) is 3.78. The fourth-order valence-corrected chi connectivity index (χ4v) is 2.59. The molecular weight excluding hydrogens is 316 g/mol. The van der Waals surface area contributed by atoms with E-state index < -0.39 is 0 Å². The largest absolute Gasteiger partial charge is 0.378 e. The third-order valence-corrected chi connectivity index (χ3v) is 3.71. The zero-order chi connectivity index (χ0) is 13.9. The fraction of sp³-hybridized carbons (Fsp3) is 0.200. The Hall–Kier alpha value is -1.88. The molecule has 0 saturated carbocycles. The Morgan fingerprint density at radius 1 is 1.30 bits per heavy atom. The van der Waals surface area contributed by atoms with Crippen LogP contribution in [0.5, 0.6) is 0 Å². The van der Waals surface area contributed by atoms with E-state index in [9.17, 15) is 0 Å². The van der Waals surface area contributed by atoms with Gasteiger partial charge in [-0.2, -0.15) is 0 Å². The number of benzene rings is 1. The van der Waals surface area contributed by atoms with Crippen molar-refractivity contribution in [3.05, 3.63) is 53.2 Å². The fourth-order valence-electron chi connectivity index (χ4n) is 2.24. The van der Waals surface area contributed by atoms with Gasteiger partial charge < -0.3 is 9.88 Å². The van der Waals surface area contributed by atoms with Crippen molar-refractivity contribution in [1.82, 2.24) is 14.5 Å². The van der Waals surface area contributed by atoms with Crippen molar-refractivity contribution in [3.8, 4) is 0 Å². The minimum absolute atomic E-state index is 0.741. The highest BCUT2D eigenvalue weighted by molar-refractivity contribution is 9.10. The molecule has 0 saturated heterocycles. The molecule has 0 aliphatic rings. The van der Waals surface area contributed by atoms with Gasteiger partial charge in [-0.05, 0) is 35.0 Å². The van der Waals surface area contributed by atoms with E-state index in [1.54, 1.807) is 0 Å². The van der Waals surface area contributed by atoms with Crippen LogP contribution < -0.4 is 5.32 Å². The maximum atomic E-state index is 4.49. The molecule has 2 aromatic heterocycles. The zero-order valence-corrected chi connectivity index (χ0v) is 12.8. The quantitative estimate of drug-likeness (QED) is 0.790. The van der Waals surface area contributed by atoms with E-state index in [4.69, 9.17) is 0 Å². The second-order valence-electron chi connectivity index (χ2n) is 4.56. The highest BCUT2D eigenvalue weighted by Crippen LogP contribution is 2.24. The average molecular weight is 331 g/mol. The molecule has 0 fully saturated rings. The molecule has 0 unspecified atom stereocenters. The molecule has 4 nitrogen and oxygen atoms in total. The van der Waals surface area contributed by atoms with Crippen LogP contribution in [0.1, 0.15) is 12.6 Å². The number of rotatable bonds is 4. The molecule has 1 aromatic carbocycles. The number of hydrogen-bond donors (Lipinski definition) is 1. The van der Waals surface area contributed by atoms with Crippen molar-refractivity contribution in [2.75, 3.05) is 5.32 Å². The molecule has 1 N–H and O–H groups in total. The number of imidazole rings is 1. The van der Waals surface area contributed by atoms with Crippen molar-refractivity contribution in [2.45, 2.75) is 20.0 Å². The predicted molar refractivity (Wildman–Crippen MR) is 84.7 cm³/mol. The van der Waals surface area contributed by atoms with Crippen LogP contribution in [0.25, 0.3) is 10.9 Å². The molecule has 5 heteroatoms. The van der Waals surface area contributed by atoms with Gasteiger partial charge >= 0.3 is 0 Å². The standard InChI is InChI=1S/C15H15BrN4/c1-2-20-10-17-8-13(20)9-18-14-5-3-4-11-6-12(16)7-19-15(11)14/h3-8,10,18H,2,9H2,1H3. The number of anilines is 1. The van der Waals surface area contributed by atoms with Gasteiger partial charge in [0.25, 0.3) is 0 Å². The van der Waals surface area contributed by atoms with Gasteiger partial charge in [0.1, 0.15) is 0 Å². The number of para-hydroxylation sites is 1. The van der Waals surface area contributed by atoms with Crippen molar-refractivity contribution >= 4 is 32.5 Å². The molecule has 0 atom stereocenters. The minimum Gasteiger partial charge on any atom is -0.378 e.